The lowest BCUT2D eigenvalue weighted by Crippen LogP contribution is -2.35. The molecular formula is C10H17F3. The van der Waals surface area contributed by atoms with Gasteiger partial charge in [0.25, 0.3) is 0 Å². The molecule has 0 atom stereocenters. The van der Waals surface area contributed by atoms with Crippen molar-refractivity contribution >= 4 is 0 Å². The van der Waals surface area contributed by atoms with Crippen molar-refractivity contribution in [1.82, 2.24) is 0 Å². The van der Waals surface area contributed by atoms with Crippen LogP contribution < -0.4 is 0 Å². The minimum Gasteiger partial charge on any atom is -0.171 e. The van der Waals surface area contributed by atoms with Crippen LogP contribution >= 0.6 is 0 Å². The predicted octanol–water partition coefficient (Wildman–Crippen LogP) is 4.30. The lowest BCUT2D eigenvalue weighted by atomic mass is 9.77. The van der Waals surface area contributed by atoms with Gasteiger partial charge in [-0.25, -0.2) is 0 Å². The van der Waals surface area contributed by atoms with E-state index in [1.54, 1.807) is 0 Å². The van der Waals surface area contributed by atoms with Gasteiger partial charge in [0.05, 0.1) is 5.41 Å². The quantitative estimate of drug-likeness (QED) is 0.539. The second-order valence-corrected chi connectivity index (χ2v) is 4.33. The third-order valence-electron chi connectivity index (χ3n) is 3.14. The van der Waals surface area contributed by atoms with Crippen LogP contribution in [-0.4, -0.2) is 6.18 Å². The molecule has 1 fully saturated rings. The van der Waals surface area contributed by atoms with Gasteiger partial charge in [0.15, 0.2) is 0 Å². The standard InChI is InChI=1S/C10H17F3/c1-9(10(11,12)13)7-5-3-2-4-6-8-9/h2-8H2,1H3. The van der Waals surface area contributed by atoms with E-state index in [0.717, 1.165) is 32.1 Å². The first-order chi connectivity index (χ1) is 5.96. The average Bonchev–Trinajstić information content (AvgIpc) is 1.94. The molecule has 1 saturated carbocycles. The van der Waals surface area contributed by atoms with Crippen LogP contribution in [0.15, 0.2) is 0 Å². The lowest BCUT2D eigenvalue weighted by molar-refractivity contribution is -0.224. The third-order valence-corrected chi connectivity index (χ3v) is 3.14. The molecule has 1 rings (SSSR count). The fraction of sp³-hybridized carbons (Fsp3) is 1.00. The summed E-state index contributed by atoms with van der Waals surface area (Å²) in [6.45, 7) is 1.37. The molecule has 13 heavy (non-hydrogen) atoms. The Labute approximate surface area is 77.5 Å². The average molecular weight is 194 g/mol. The molecule has 0 amide bonds. The Morgan fingerprint density at radius 3 is 1.62 bits per heavy atom. The Morgan fingerprint density at radius 2 is 1.23 bits per heavy atom. The van der Waals surface area contributed by atoms with E-state index in [4.69, 9.17) is 0 Å². The lowest BCUT2D eigenvalue weighted by Gasteiger charge is -2.33. The molecule has 0 aromatic carbocycles. The van der Waals surface area contributed by atoms with Gasteiger partial charge in [-0.1, -0.05) is 39.0 Å². The van der Waals surface area contributed by atoms with E-state index in [-0.39, 0.29) is 0 Å². The molecule has 78 valence electrons. The highest BCUT2D eigenvalue weighted by molar-refractivity contribution is 4.83. The molecule has 0 aliphatic heterocycles. The Bertz CT molecular complexity index is 152. The van der Waals surface area contributed by atoms with Gasteiger partial charge in [-0.3, -0.25) is 0 Å². The third kappa shape index (κ3) is 2.61. The zero-order valence-electron chi connectivity index (χ0n) is 8.08. The van der Waals surface area contributed by atoms with E-state index in [2.05, 4.69) is 0 Å². The molecule has 0 heterocycles. The van der Waals surface area contributed by atoms with Crippen LogP contribution in [0.3, 0.4) is 0 Å². The number of halogens is 3. The van der Waals surface area contributed by atoms with Gasteiger partial charge in [0.1, 0.15) is 0 Å². The van der Waals surface area contributed by atoms with E-state index in [1.807, 2.05) is 0 Å². The Hall–Kier alpha value is -0.210. The van der Waals surface area contributed by atoms with Gasteiger partial charge >= 0.3 is 6.18 Å². The number of rotatable bonds is 0. The summed E-state index contributed by atoms with van der Waals surface area (Å²) in [5, 5.41) is 0. The summed E-state index contributed by atoms with van der Waals surface area (Å²) in [5.41, 5.74) is -1.41. The molecule has 0 unspecified atom stereocenters. The highest BCUT2D eigenvalue weighted by Gasteiger charge is 2.49. The molecule has 0 spiro atoms. The topological polar surface area (TPSA) is 0 Å². The highest BCUT2D eigenvalue weighted by atomic mass is 19.4. The second kappa shape index (κ2) is 3.89. The van der Waals surface area contributed by atoms with E-state index in [1.165, 1.54) is 6.92 Å². The number of hydrogen-bond donors (Lipinski definition) is 0. The van der Waals surface area contributed by atoms with Crippen molar-refractivity contribution < 1.29 is 13.2 Å². The first-order valence-electron chi connectivity index (χ1n) is 5.02. The van der Waals surface area contributed by atoms with E-state index in [0.29, 0.717) is 12.8 Å². The normalized spacial score (nSPS) is 24.9. The maximum Gasteiger partial charge on any atom is 0.394 e. The van der Waals surface area contributed by atoms with Crippen molar-refractivity contribution in [2.45, 2.75) is 58.0 Å². The highest BCUT2D eigenvalue weighted by Crippen LogP contribution is 2.46. The van der Waals surface area contributed by atoms with E-state index >= 15 is 0 Å². The number of alkyl halides is 3. The van der Waals surface area contributed by atoms with Gasteiger partial charge in [0.2, 0.25) is 0 Å². The Balaban J connectivity index is 2.62. The molecule has 0 radical (unpaired) electrons. The Kier molecular flexibility index (Phi) is 3.25. The SMILES string of the molecule is CC1(C(F)(F)F)CCCCCCC1. The molecule has 1 aliphatic rings. The summed E-state index contributed by atoms with van der Waals surface area (Å²) in [4.78, 5) is 0. The van der Waals surface area contributed by atoms with E-state index < -0.39 is 11.6 Å². The molecular weight excluding hydrogens is 177 g/mol. The van der Waals surface area contributed by atoms with Crippen LogP contribution in [0.25, 0.3) is 0 Å². The van der Waals surface area contributed by atoms with Gasteiger partial charge in [-0.2, -0.15) is 13.2 Å². The molecule has 3 heteroatoms. The zero-order valence-corrected chi connectivity index (χ0v) is 8.08. The molecule has 0 saturated heterocycles. The van der Waals surface area contributed by atoms with Gasteiger partial charge in [-0.15, -0.1) is 0 Å². The number of hydrogen-bond acceptors (Lipinski definition) is 0. The van der Waals surface area contributed by atoms with Crippen molar-refractivity contribution in [3.63, 3.8) is 0 Å². The van der Waals surface area contributed by atoms with Crippen LogP contribution in [0.2, 0.25) is 0 Å². The molecule has 1 aliphatic carbocycles. The van der Waals surface area contributed by atoms with Crippen molar-refractivity contribution in [1.29, 1.82) is 0 Å². The van der Waals surface area contributed by atoms with Crippen LogP contribution in [0.1, 0.15) is 51.9 Å². The van der Waals surface area contributed by atoms with Crippen LogP contribution in [0.4, 0.5) is 13.2 Å². The largest absolute Gasteiger partial charge is 0.394 e. The van der Waals surface area contributed by atoms with Crippen molar-refractivity contribution in [3.8, 4) is 0 Å². The van der Waals surface area contributed by atoms with Gasteiger partial charge < -0.3 is 0 Å². The molecule has 0 aromatic heterocycles. The van der Waals surface area contributed by atoms with Crippen molar-refractivity contribution in [2.75, 3.05) is 0 Å². The second-order valence-electron chi connectivity index (χ2n) is 4.33. The monoisotopic (exact) mass is 194 g/mol. The van der Waals surface area contributed by atoms with Crippen LogP contribution in [0.5, 0.6) is 0 Å². The molecule has 0 aromatic rings. The van der Waals surface area contributed by atoms with Gasteiger partial charge in [0, 0.05) is 0 Å². The van der Waals surface area contributed by atoms with Crippen LogP contribution in [0, 0.1) is 5.41 Å². The summed E-state index contributed by atoms with van der Waals surface area (Å²) < 4.78 is 37.9. The zero-order chi connectivity index (χ0) is 9.95. The maximum absolute atomic E-state index is 12.6. The summed E-state index contributed by atoms with van der Waals surface area (Å²) in [7, 11) is 0. The smallest absolute Gasteiger partial charge is 0.171 e. The fourth-order valence-electron chi connectivity index (χ4n) is 1.97. The van der Waals surface area contributed by atoms with Crippen molar-refractivity contribution in [2.24, 2.45) is 5.41 Å². The summed E-state index contributed by atoms with van der Waals surface area (Å²) in [5.74, 6) is 0. The minimum absolute atomic E-state index is 0.316. The molecule has 0 bridgehead atoms. The minimum atomic E-state index is -4.01. The van der Waals surface area contributed by atoms with Crippen molar-refractivity contribution in [3.05, 3.63) is 0 Å². The fourth-order valence-corrected chi connectivity index (χ4v) is 1.97. The molecule has 0 N–H and O–H groups in total. The van der Waals surface area contributed by atoms with Gasteiger partial charge in [-0.05, 0) is 12.8 Å². The summed E-state index contributed by atoms with van der Waals surface area (Å²) in [6.07, 6.45) is 1.12. The van der Waals surface area contributed by atoms with Crippen LogP contribution in [-0.2, 0) is 0 Å². The summed E-state index contributed by atoms with van der Waals surface area (Å²) >= 11 is 0. The molecule has 0 nitrogen and oxygen atoms in total. The maximum atomic E-state index is 12.6. The predicted molar refractivity (Wildman–Crippen MR) is 46.5 cm³/mol. The van der Waals surface area contributed by atoms with E-state index in [9.17, 15) is 13.2 Å². The first-order valence-corrected chi connectivity index (χ1v) is 5.02. The summed E-state index contributed by atoms with van der Waals surface area (Å²) in [6, 6.07) is 0. The Morgan fingerprint density at radius 1 is 0.846 bits per heavy atom. The first kappa shape index (κ1) is 10.9.